The summed E-state index contributed by atoms with van der Waals surface area (Å²) in [5, 5.41) is 19.0. The Morgan fingerprint density at radius 2 is 1.71 bits per heavy atom. The molecular formula is C26H27F3N2O3. The average molecular weight is 473 g/mol. The summed E-state index contributed by atoms with van der Waals surface area (Å²) in [5.41, 5.74) is 1.59. The van der Waals surface area contributed by atoms with E-state index in [4.69, 9.17) is 9.84 Å². The van der Waals surface area contributed by atoms with E-state index in [1.807, 2.05) is 0 Å². The van der Waals surface area contributed by atoms with Crippen molar-refractivity contribution in [3.63, 3.8) is 0 Å². The van der Waals surface area contributed by atoms with E-state index < -0.39 is 24.5 Å². The molecule has 2 N–H and O–H groups in total. The third-order valence-electron chi connectivity index (χ3n) is 5.89. The molecular weight excluding hydrogens is 445 g/mol. The van der Waals surface area contributed by atoms with Crippen LogP contribution in [0.1, 0.15) is 42.2 Å². The van der Waals surface area contributed by atoms with Gasteiger partial charge >= 0.3 is 6.18 Å². The van der Waals surface area contributed by atoms with Crippen molar-refractivity contribution in [2.24, 2.45) is 0 Å². The fourth-order valence-electron chi connectivity index (χ4n) is 4.05. The summed E-state index contributed by atoms with van der Waals surface area (Å²) in [6, 6.07) is 15.8. The summed E-state index contributed by atoms with van der Waals surface area (Å²) in [4.78, 5) is 6.54. The van der Waals surface area contributed by atoms with Gasteiger partial charge in [0.05, 0.1) is 23.6 Å². The molecule has 0 unspecified atom stereocenters. The number of pyridine rings is 1. The molecule has 2 heterocycles. The zero-order valence-corrected chi connectivity index (χ0v) is 18.6. The Kier molecular flexibility index (Phi) is 7.50. The van der Waals surface area contributed by atoms with Gasteiger partial charge in [-0.15, -0.1) is 0 Å². The number of piperidine rings is 1. The highest BCUT2D eigenvalue weighted by Crippen LogP contribution is 2.35. The van der Waals surface area contributed by atoms with Crippen molar-refractivity contribution < 1.29 is 28.1 Å². The molecule has 0 bridgehead atoms. The van der Waals surface area contributed by atoms with Gasteiger partial charge in [-0.2, -0.15) is 13.2 Å². The van der Waals surface area contributed by atoms with Crippen molar-refractivity contribution in [2.75, 3.05) is 19.7 Å². The molecule has 0 aliphatic carbocycles. The first kappa shape index (κ1) is 24.2. The number of alkyl halides is 3. The molecule has 1 aliphatic heterocycles. The second-order valence-electron chi connectivity index (χ2n) is 8.43. The Balaban J connectivity index is 1.56. The monoisotopic (exact) mass is 472 g/mol. The van der Waals surface area contributed by atoms with E-state index in [9.17, 15) is 18.3 Å². The number of hydrogen-bond acceptors (Lipinski definition) is 5. The van der Waals surface area contributed by atoms with Crippen LogP contribution >= 0.6 is 0 Å². The zero-order valence-electron chi connectivity index (χ0n) is 18.6. The van der Waals surface area contributed by atoms with Gasteiger partial charge in [0.15, 0.2) is 0 Å². The molecule has 4 rings (SSSR count). The maximum atomic E-state index is 13.3. The number of nitrogens with zero attached hydrogens (tertiary/aromatic N) is 2. The number of benzene rings is 2. The minimum absolute atomic E-state index is 0.368. The maximum absolute atomic E-state index is 13.3. The largest absolute Gasteiger partial charge is 0.457 e. The van der Waals surface area contributed by atoms with Gasteiger partial charge in [-0.05, 0) is 80.5 Å². The van der Waals surface area contributed by atoms with Crippen molar-refractivity contribution in [3.8, 4) is 22.8 Å². The number of aliphatic hydroxyl groups excluding tert-OH is 2. The van der Waals surface area contributed by atoms with Crippen molar-refractivity contribution in [2.45, 2.75) is 38.1 Å². The SMILES string of the molecule is OC[C@@H](O)c1cccc(-c2ccc(Oc3ccc(C(F)(F)F)cc3CN3CCCCC3)cc2)n1. The van der Waals surface area contributed by atoms with E-state index in [2.05, 4.69) is 9.88 Å². The zero-order chi connectivity index (χ0) is 24.1. The standard InChI is InChI=1S/C26H27F3N2O3/c27-26(28,29)20-9-12-25(19(15-20)16-31-13-2-1-3-14-31)34-21-10-7-18(8-11-21)22-5-4-6-23(30-22)24(33)17-32/h4-12,15,24,32-33H,1-3,13-14,16-17H2/t24-/m1/s1. The van der Waals surface area contributed by atoms with Gasteiger partial charge in [-0.3, -0.25) is 4.90 Å². The fraction of sp³-hybridized carbons (Fsp3) is 0.346. The van der Waals surface area contributed by atoms with Crippen LogP contribution in [-0.2, 0) is 12.7 Å². The third-order valence-corrected chi connectivity index (χ3v) is 5.89. The molecule has 0 saturated carbocycles. The summed E-state index contributed by atoms with van der Waals surface area (Å²) in [6.45, 7) is 1.71. The highest BCUT2D eigenvalue weighted by Gasteiger charge is 2.31. The van der Waals surface area contributed by atoms with Crippen LogP contribution in [0.4, 0.5) is 13.2 Å². The lowest BCUT2D eigenvalue weighted by molar-refractivity contribution is -0.137. The third kappa shape index (κ3) is 5.94. The predicted molar refractivity (Wildman–Crippen MR) is 122 cm³/mol. The number of ether oxygens (including phenoxy) is 1. The number of aromatic nitrogens is 1. The summed E-state index contributed by atoms with van der Waals surface area (Å²) >= 11 is 0. The highest BCUT2D eigenvalue weighted by atomic mass is 19.4. The van der Waals surface area contributed by atoms with Crippen LogP contribution in [0.3, 0.4) is 0 Å². The molecule has 1 atom stereocenters. The molecule has 1 saturated heterocycles. The van der Waals surface area contributed by atoms with Crippen LogP contribution in [-0.4, -0.2) is 39.8 Å². The second kappa shape index (κ2) is 10.5. The average Bonchev–Trinajstić information content (AvgIpc) is 2.85. The molecule has 34 heavy (non-hydrogen) atoms. The molecule has 1 aromatic heterocycles. The lowest BCUT2D eigenvalue weighted by atomic mass is 10.1. The fourth-order valence-corrected chi connectivity index (χ4v) is 4.05. The van der Waals surface area contributed by atoms with Gasteiger partial charge in [-0.1, -0.05) is 12.5 Å². The van der Waals surface area contributed by atoms with Gasteiger partial charge < -0.3 is 14.9 Å². The first-order valence-corrected chi connectivity index (χ1v) is 11.3. The van der Waals surface area contributed by atoms with Gasteiger partial charge in [0.25, 0.3) is 0 Å². The Labute approximate surface area is 196 Å². The lowest BCUT2D eigenvalue weighted by Gasteiger charge is -2.27. The van der Waals surface area contributed by atoms with Crippen molar-refractivity contribution >= 4 is 0 Å². The quantitative estimate of drug-likeness (QED) is 0.471. The van der Waals surface area contributed by atoms with Crippen molar-refractivity contribution in [1.82, 2.24) is 9.88 Å². The predicted octanol–water partition coefficient (Wildman–Crippen LogP) is 5.57. The van der Waals surface area contributed by atoms with E-state index in [-0.39, 0.29) is 0 Å². The molecule has 3 aromatic rings. The van der Waals surface area contributed by atoms with E-state index in [1.165, 1.54) is 12.1 Å². The molecule has 0 spiro atoms. The minimum atomic E-state index is -4.41. The first-order valence-electron chi connectivity index (χ1n) is 11.3. The number of likely N-dealkylation sites (tertiary alicyclic amines) is 1. The minimum Gasteiger partial charge on any atom is -0.457 e. The molecule has 2 aromatic carbocycles. The van der Waals surface area contributed by atoms with Crippen molar-refractivity contribution in [3.05, 3.63) is 77.5 Å². The molecule has 8 heteroatoms. The summed E-state index contributed by atoms with van der Waals surface area (Å²) in [7, 11) is 0. The van der Waals surface area contributed by atoms with E-state index in [0.717, 1.165) is 44.0 Å². The van der Waals surface area contributed by atoms with Crippen molar-refractivity contribution in [1.29, 1.82) is 0 Å². The Morgan fingerprint density at radius 1 is 0.971 bits per heavy atom. The van der Waals surface area contributed by atoms with Crippen LogP contribution in [0.25, 0.3) is 11.3 Å². The van der Waals surface area contributed by atoms with Crippen LogP contribution in [0.5, 0.6) is 11.5 Å². The summed E-state index contributed by atoms with van der Waals surface area (Å²) < 4.78 is 46.0. The smallest absolute Gasteiger partial charge is 0.416 e. The molecule has 0 amide bonds. The van der Waals surface area contributed by atoms with Gasteiger partial charge in [0.2, 0.25) is 0 Å². The lowest BCUT2D eigenvalue weighted by Crippen LogP contribution is -2.29. The Bertz CT molecular complexity index is 1100. The molecule has 1 aliphatic rings. The highest BCUT2D eigenvalue weighted by molar-refractivity contribution is 5.60. The molecule has 1 fully saturated rings. The topological polar surface area (TPSA) is 65.8 Å². The normalized spacial score (nSPS) is 15.8. The van der Waals surface area contributed by atoms with E-state index in [0.29, 0.717) is 35.0 Å². The second-order valence-corrected chi connectivity index (χ2v) is 8.43. The van der Waals surface area contributed by atoms with Gasteiger partial charge in [-0.25, -0.2) is 4.98 Å². The summed E-state index contributed by atoms with van der Waals surface area (Å²) in [5.74, 6) is 0.896. The van der Waals surface area contributed by atoms with Crippen LogP contribution < -0.4 is 4.74 Å². The Morgan fingerprint density at radius 3 is 2.38 bits per heavy atom. The van der Waals surface area contributed by atoms with Gasteiger partial charge in [0, 0.05) is 17.7 Å². The Hall–Kier alpha value is -2.94. The van der Waals surface area contributed by atoms with Crippen LogP contribution in [0.15, 0.2) is 60.7 Å². The van der Waals surface area contributed by atoms with E-state index >= 15 is 0 Å². The molecule has 0 radical (unpaired) electrons. The van der Waals surface area contributed by atoms with E-state index in [1.54, 1.807) is 42.5 Å². The maximum Gasteiger partial charge on any atom is 0.416 e. The van der Waals surface area contributed by atoms with Crippen LogP contribution in [0.2, 0.25) is 0 Å². The number of halogens is 3. The van der Waals surface area contributed by atoms with Crippen LogP contribution in [0, 0.1) is 0 Å². The first-order chi connectivity index (χ1) is 16.3. The molecule has 180 valence electrons. The number of aliphatic hydroxyl groups is 2. The number of rotatable bonds is 7. The molecule has 5 nitrogen and oxygen atoms in total. The summed E-state index contributed by atoms with van der Waals surface area (Å²) in [6.07, 6.45) is -2.24. The van der Waals surface area contributed by atoms with Gasteiger partial charge in [0.1, 0.15) is 17.6 Å². The number of hydrogen-bond donors (Lipinski definition) is 2.